The van der Waals surface area contributed by atoms with Crippen molar-refractivity contribution < 1.29 is 4.74 Å². The van der Waals surface area contributed by atoms with E-state index in [2.05, 4.69) is 24.3 Å². The molecule has 0 atom stereocenters. The molecule has 0 spiro atoms. The summed E-state index contributed by atoms with van der Waals surface area (Å²) in [6.07, 6.45) is 7.53. The Morgan fingerprint density at radius 1 is 1.11 bits per heavy atom. The number of hydrogen-bond acceptors (Lipinski definition) is 2. The molecule has 2 heteroatoms. The number of ether oxygens (including phenoxy) is 1. The van der Waals surface area contributed by atoms with Crippen LogP contribution in [0.1, 0.15) is 55.6 Å². The van der Waals surface area contributed by atoms with Gasteiger partial charge >= 0.3 is 0 Å². The molecular weight excluding hydrogens is 234 g/mol. The van der Waals surface area contributed by atoms with Gasteiger partial charge in [-0.1, -0.05) is 37.1 Å². The van der Waals surface area contributed by atoms with Crippen LogP contribution in [0.15, 0.2) is 24.3 Å². The summed E-state index contributed by atoms with van der Waals surface area (Å²) in [6.45, 7) is 2.62. The van der Waals surface area contributed by atoms with E-state index >= 15 is 0 Å². The number of hydrogen-bond donors (Lipinski definition) is 1. The van der Waals surface area contributed by atoms with Crippen LogP contribution in [0, 0.1) is 0 Å². The van der Waals surface area contributed by atoms with Crippen LogP contribution in [0.4, 0.5) is 0 Å². The molecule has 1 aliphatic carbocycles. The minimum Gasteiger partial charge on any atom is -0.381 e. The second-order valence-corrected chi connectivity index (χ2v) is 6.17. The minimum absolute atomic E-state index is 0.259. The molecule has 0 radical (unpaired) electrons. The molecule has 1 aromatic carbocycles. The first-order valence-corrected chi connectivity index (χ1v) is 7.73. The van der Waals surface area contributed by atoms with Crippen molar-refractivity contribution in [2.75, 3.05) is 19.8 Å². The fourth-order valence-electron chi connectivity index (χ4n) is 3.98. The molecule has 2 nitrogen and oxygen atoms in total. The van der Waals surface area contributed by atoms with Crippen LogP contribution in [-0.2, 0) is 10.2 Å². The van der Waals surface area contributed by atoms with Gasteiger partial charge in [0.05, 0.1) is 0 Å². The van der Waals surface area contributed by atoms with Gasteiger partial charge in [-0.2, -0.15) is 0 Å². The summed E-state index contributed by atoms with van der Waals surface area (Å²) < 4.78 is 5.51. The molecule has 2 N–H and O–H groups in total. The SMILES string of the molecule is NCC1(c2ccccc2C2CCOCC2)CCCC1. The van der Waals surface area contributed by atoms with Gasteiger partial charge in [0, 0.05) is 25.2 Å². The Morgan fingerprint density at radius 3 is 2.47 bits per heavy atom. The summed E-state index contributed by atoms with van der Waals surface area (Å²) in [5.74, 6) is 0.675. The van der Waals surface area contributed by atoms with Crippen molar-refractivity contribution in [3.8, 4) is 0 Å². The third-order valence-corrected chi connectivity index (χ3v) is 5.14. The van der Waals surface area contributed by atoms with E-state index in [-0.39, 0.29) is 5.41 Å². The predicted molar refractivity (Wildman–Crippen MR) is 78.4 cm³/mol. The second kappa shape index (κ2) is 5.64. The standard InChI is InChI=1S/C17H25NO/c18-13-17(9-3-4-10-17)16-6-2-1-5-15(16)14-7-11-19-12-8-14/h1-2,5-6,14H,3-4,7-13,18H2. The van der Waals surface area contributed by atoms with Crippen LogP contribution in [0.5, 0.6) is 0 Å². The highest BCUT2D eigenvalue weighted by molar-refractivity contribution is 5.38. The molecular formula is C17H25NO. The van der Waals surface area contributed by atoms with Gasteiger partial charge in [-0.05, 0) is 42.7 Å². The first kappa shape index (κ1) is 13.1. The summed E-state index contributed by atoms with van der Waals surface area (Å²) >= 11 is 0. The van der Waals surface area contributed by atoms with Crippen LogP contribution in [0.2, 0.25) is 0 Å². The highest BCUT2D eigenvalue weighted by Crippen LogP contribution is 2.44. The van der Waals surface area contributed by atoms with E-state index in [0.717, 1.165) is 32.6 Å². The molecule has 104 valence electrons. The molecule has 1 heterocycles. The largest absolute Gasteiger partial charge is 0.381 e. The smallest absolute Gasteiger partial charge is 0.0471 e. The zero-order valence-electron chi connectivity index (χ0n) is 11.7. The summed E-state index contributed by atoms with van der Waals surface area (Å²) in [6, 6.07) is 9.05. The fourth-order valence-corrected chi connectivity index (χ4v) is 3.98. The maximum atomic E-state index is 6.17. The fraction of sp³-hybridized carbons (Fsp3) is 0.647. The van der Waals surface area contributed by atoms with Gasteiger partial charge in [0.2, 0.25) is 0 Å². The van der Waals surface area contributed by atoms with E-state index < -0.39 is 0 Å². The van der Waals surface area contributed by atoms with E-state index in [9.17, 15) is 0 Å². The topological polar surface area (TPSA) is 35.2 Å². The van der Waals surface area contributed by atoms with E-state index in [0.29, 0.717) is 5.92 Å². The quantitative estimate of drug-likeness (QED) is 0.903. The van der Waals surface area contributed by atoms with Crippen molar-refractivity contribution in [3.63, 3.8) is 0 Å². The zero-order valence-corrected chi connectivity index (χ0v) is 11.7. The summed E-state index contributed by atoms with van der Waals surface area (Å²) in [4.78, 5) is 0. The molecule has 1 aromatic rings. The van der Waals surface area contributed by atoms with Crippen molar-refractivity contribution in [2.45, 2.75) is 49.9 Å². The molecule has 0 bridgehead atoms. The van der Waals surface area contributed by atoms with Crippen molar-refractivity contribution in [3.05, 3.63) is 35.4 Å². The molecule has 3 rings (SSSR count). The molecule has 1 aliphatic heterocycles. The van der Waals surface area contributed by atoms with Gasteiger partial charge in [0.25, 0.3) is 0 Å². The van der Waals surface area contributed by atoms with Crippen molar-refractivity contribution in [2.24, 2.45) is 5.73 Å². The predicted octanol–water partition coefficient (Wildman–Crippen LogP) is 3.35. The number of benzene rings is 1. The monoisotopic (exact) mass is 259 g/mol. The average molecular weight is 259 g/mol. The van der Waals surface area contributed by atoms with Gasteiger partial charge in [-0.3, -0.25) is 0 Å². The molecule has 0 aromatic heterocycles. The average Bonchev–Trinajstić information content (AvgIpc) is 2.98. The Kier molecular flexibility index (Phi) is 3.90. The van der Waals surface area contributed by atoms with Gasteiger partial charge in [0.1, 0.15) is 0 Å². The van der Waals surface area contributed by atoms with Gasteiger partial charge < -0.3 is 10.5 Å². The molecule has 0 unspecified atom stereocenters. The molecule has 0 amide bonds. The molecule has 1 saturated carbocycles. The third kappa shape index (κ3) is 2.44. The van der Waals surface area contributed by atoms with E-state index in [1.54, 1.807) is 11.1 Å². The second-order valence-electron chi connectivity index (χ2n) is 6.17. The normalized spacial score (nSPS) is 23.6. The van der Waals surface area contributed by atoms with Crippen molar-refractivity contribution >= 4 is 0 Å². The highest BCUT2D eigenvalue weighted by Gasteiger charge is 2.36. The Labute approximate surface area is 116 Å². The maximum absolute atomic E-state index is 6.17. The first-order chi connectivity index (χ1) is 9.36. The van der Waals surface area contributed by atoms with Gasteiger partial charge in [0.15, 0.2) is 0 Å². The van der Waals surface area contributed by atoms with Crippen LogP contribution in [-0.4, -0.2) is 19.8 Å². The Balaban J connectivity index is 1.96. The lowest BCUT2D eigenvalue weighted by molar-refractivity contribution is 0.0849. The number of rotatable bonds is 3. The summed E-state index contributed by atoms with van der Waals surface area (Å²) in [7, 11) is 0. The molecule has 2 fully saturated rings. The van der Waals surface area contributed by atoms with E-state index in [4.69, 9.17) is 10.5 Å². The molecule has 2 aliphatic rings. The number of nitrogens with two attached hydrogens (primary N) is 1. The Morgan fingerprint density at radius 2 is 1.79 bits per heavy atom. The highest BCUT2D eigenvalue weighted by atomic mass is 16.5. The lowest BCUT2D eigenvalue weighted by atomic mass is 9.73. The van der Waals surface area contributed by atoms with Gasteiger partial charge in [-0.15, -0.1) is 0 Å². The van der Waals surface area contributed by atoms with Crippen LogP contribution in [0.25, 0.3) is 0 Å². The van der Waals surface area contributed by atoms with Crippen LogP contribution < -0.4 is 5.73 Å². The van der Waals surface area contributed by atoms with Crippen LogP contribution >= 0.6 is 0 Å². The summed E-state index contributed by atoms with van der Waals surface area (Å²) in [5.41, 5.74) is 9.53. The summed E-state index contributed by atoms with van der Waals surface area (Å²) in [5, 5.41) is 0. The van der Waals surface area contributed by atoms with E-state index in [1.807, 2.05) is 0 Å². The third-order valence-electron chi connectivity index (χ3n) is 5.14. The van der Waals surface area contributed by atoms with E-state index in [1.165, 1.54) is 25.7 Å². The Hall–Kier alpha value is -0.860. The Bertz CT molecular complexity index is 417. The first-order valence-electron chi connectivity index (χ1n) is 7.73. The van der Waals surface area contributed by atoms with Crippen molar-refractivity contribution in [1.82, 2.24) is 0 Å². The van der Waals surface area contributed by atoms with Gasteiger partial charge in [-0.25, -0.2) is 0 Å². The lowest BCUT2D eigenvalue weighted by Crippen LogP contribution is -2.33. The van der Waals surface area contributed by atoms with Crippen molar-refractivity contribution in [1.29, 1.82) is 0 Å². The molecule has 1 saturated heterocycles. The minimum atomic E-state index is 0.259. The maximum Gasteiger partial charge on any atom is 0.0471 e. The lowest BCUT2D eigenvalue weighted by Gasteiger charge is -2.34. The molecule has 19 heavy (non-hydrogen) atoms. The van der Waals surface area contributed by atoms with Crippen LogP contribution in [0.3, 0.4) is 0 Å². The zero-order chi connectivity index (χ0) is 13.1.